The van der Waals surface area contributed by atoms with Gasteiger partial charge in [0.15, 0.2) is 0 Å². The highest BCUT2D eigenvalue weighted by molar-refractivity contribution is 5.80. The van der Waals surface area contributed by atoms with Crippen molar-refractivity contribution in [2.24, 2.45) is 11.7 Å². The van der Waals surface area contributed by atoms with Gasteiger partial charge in [0.25, 0.3) is 0 Å². The van der Waals surface area contributed by atoms with Crippen molar-refractivity contribution in [2.45, 2.75) is 37.9 Å². The van der Waals surface area contributed by atoms with E-state index in [2.05, 4.69) is 4.90 Å². The van der Waals surface area contributed by atoms with E-state index in [1.54, 1.807) is 4.90 Å². The lowest BCUT2D eigenvalue weighted by Gasteiger charge is -2.39. The Kier molecular flexibility index (Phi) is 4.90. The first-order valence-electron chi connectivity index (χ1n) is 7.25. The average molecular weight is 292 g/mol. The number of piperazine rings is 1. The van der Waals surface area contributed by atoms with Crippen LogP contribution in [0.3, 0.4) is 0 Å². The van der Waals surface area contributed by atoms with Crippen LogP contribution >= 0.6 is 0 Å². The quantitative estimate of drug-likeness (QED) is 0.612. The third kappa shape index (κ3) is 3.85. The van der Waals surface area contributed by atoms with Crippen molar-refractivity contribution in [3.63, 3.8) is 0 Å². The largest absolute Gasteiger partial charge is 0.399 e. The lowest BCUT2D eigenvalue weighted by atomic mass is 10.1. The van der Waals surface area contributed by atoms with Crippen LogP contribution in [0.15, 0.2) is 0 Å². The van der Waals surface area contributed by atoms with Crippen LogP contribution in [0.2, 0.25) is 0 Å². The second-order valence-corrected chi connectivity index (χ2v) is 5.82. The topological polar surface area (TPSA) is 56.4 Å². The Labute approximate surface area is 117 Å². The Morgan fingerprint density at radius 2 is 1.70 bits per heavy atom. The highest BCUT2D eigenvalue weighted by atomic mass is 19.4. The van der Waals surface area contributed by atoms with Gasteiger partial charge in [-0.05, 0) is 12.8 Å². The second-order valence-electron chi connectivity index (χ2n) is 5.82. The highest BCUT2D eigenvalue weighted by Gasteiger charge is 2.43. The molecule has 2 aliphatic rings. The van der Waals surface area contributed by atoms with E-state index >= 15 is 0 Å². The van der Waals surface area contributed by atoms with Crippen LogP contribution in [0.5, 0.6) is 0 Å². The van der Waals surface area contributed by atoms with Gasteiger partial charge >= 0.3 is 6.18 Å². The first kappa shape index (κ1) is 15.6. The summed E-state index contributed by atoms with van der Waals surface area (Å²) in [7, 11) is 0. The molecule has 1 aliphatic heterocycles. The second kappa shape index (κ2) is 6.30. The van der Waals surface area contributed by atoms with Gasteiger partial charge < -0.3 is 5.73 Å². The number of amidine groups is 1. The Hall–Kier alpha value is -0.820. The molecule has 1 saturated carbocycles. The van der Waals surface area contributed by atoms with E-state index in [1.165, 1.54) is 25.7 Å². The molecule has 2 rings (SSSR count). The molecule has 0 amide bonds. The Balaban J connectivity index is 1.82. The smallest absolute Gasteiger partial charge is 0.387 e. The molecule has 7 heteroatoms. The molecular formula is C13H23F3N4. The van der Waals surface area contributed by atoms with Gasteiger partial charge in [-0.3, -0.25) is 15.2 Å². The standard InChI is InChI=1S/C13H23F3N4/c14-13(15,16)11(12(17)18)9-19-5-7-20(8-6-19)10-3-1-2-4-10/h10-11H,1-9H2,(H3,17,18). The zero-order valence-corrected chi connectivity index (χ0v) is 11.6. The number of alkyl halides is 3. The molecular weight excluding hydrogens is 269 g/mol. The minimum atomic E-state index is -4.42. The maximum Gasteiger partial charge on any atom is 0.399 e. The molecule has 20 heavy (non-hydrogen) atoms. The van der Waals surface area contributed by atoms with Gasteiger partial charge in [0, 0.05) is 38.8 Å². The molecule has 0 bridgehead atoms. The number of nitrogens with two attached hydrogens (primary N) is 1. The van der Waals surface area contributed by atoms with Crippen molar-refractivity contribution in [3.8, 4) is 0 Å². The third-order valence-electron chi connectivity index (χ3n) is 4.46. The first-order valence-corrected chi connectivity index (χ1v) is 7.25. The Morgan fingerprint density at radius 3 is 2.15 bits per heavy atom. The molecule has 2 fully saturated rings. The summed E-state index contributed by atoms with van der Waals surface area (Å²) >= 11 is 0. The van der Waals surface area contributed by atoms with Gasteiger partial charge in [0.1, 0.15) is 11.8 Å². The number of rotatable bonds is 4. The minimum absolute atomic E-state index is 0.183. The highest BCUT2D eigenvalue weighted by Crippen LogP contribution is 2.28. The minimum Gasteiger partial charge on any atom is -0.387 e. The molecule has 1 heterocycles. The van der Waals surface area contributed by atoms with Crippen LogP contribution in [0.25, 0.3) is 0 Å². The van der Waals surface area contributed by atoms with Crippen LogP contribution in [-0.4, -0.2) is 60.6 Å². The van der Waals surface area contributed by atoms with E-state index in [-0.39, 0.29) is 6.54 Å². The Bertz CT molecular complexity index is 331. The molecule has 1 atom stereocenters. The van der Waals surface area contributed by atoms with Gasteiger partial charge in [-0.2, -0.15) is 13.2 Å². The average Bonchev–Trinajstić information content (AvgIpc) is 2.88. The van der Waals surface area contributed by atoms with Crippen LogP contribution in [-0.2, 0) is 0 Å². The van der Waals surface area contributed by atoms with Crippen molar-refractivity contribution in [1.29, 1.82) is 5.41 Å². The summed E-state index contributed by atoms with van der Waals surface area (Å²) in [6.45, 7) is 2.74. The maximum atomic E-state index is 12.8. The number of hydrogen-bond donors (Lipinski definition) is 2. The van der Waals surface area contributed by atoms with Crippen molar-refractivity contribution in [1.82, 2.24) is 9.80 Å². The number of nitrogens with zero attached hydrogens (tertiary/aromatic N) is 2. The normalized spacial score (nSPS) is 24.9. The zero-order valence-electron chi connectivity index (χ0n) is 11.6. The summed E-state index contributed by atoms with van der Waals surface area (Å²) in [6.07, 6.45) is 0.558. The molecule has 1 unspecified atom stereocenters. The monoisotopic (exact) mass is 292 g/mol. The van der Waals surface area contributed by atoms with E-state index in [0.717, 1.165) is 13.1 Å². The van der Waals surface area contributed by atoms with Crippen molar-refractivity contribution >= 4 is 5.84 Å². The van der Waals surface area contributed by atoms with Gasteiger partial charge in [-0.25, -0.2) is 0 Å². The SMILES string of the molecule is N=C(N)C(CN1CCN(C2CCCC2)CC1)C(F)(F)F. The molecule has 0 spiro atoms. The summed E-state index contributed by atoms with van der Waals surface area (Å²) in [4.78, 5) is 4.19. The first-order chi connectivity index (χ1) is 9.38. The van der Waals surface area contributed by atoms with Gasteiger partial charge in [-0.1, -0.05) is 12.8 Å². The van der Waals surface area contributed by atoms with Crippen molar-refractivity contribution < 1.29 is 13.2 Å². The number of nitrogens with one attached hydrogen (secondary N) is 1. The van der Waals surface area contributed by atoms with Gasteiger partial charge in [0.2, 0.25) is 0 Å². The molecule has 0 radical (unpaired) electrons. The predicted octanol–water partition coefficient (Wildman–Crippen LogP) is 1.66. The summed E-state index contributed by atoms with van der Waals surface area (Å²) in [5, 5.41) is 7.12. The maximum absolute atomic E-state index is 12.8. The lowest BCUT2D eigenvalue weighted by molar-refractivity contribution is -0.161. The summed E-state index contributed by atoms with van der Waals surface area (Å²) in [5.74, 6) is -2.61. The van der Waals surface area contributed by atoms with E-state index in [9.17, 15) is 13.2 Å². The molecule has 0 aromatic carbocycles. The molecule has 0 aromatic heterocycles. The van der Waals surface area contributed by atoms with E-state index in [4.69, 9.17) is 11.1 Å². The molecule has 1 saturated heterocycles. The molecule has 1 aliphatic carbocycles. The van der Waals surface area contributed by atoms with E-state index in [0.29, 0.717) is 19.1 Å². The van der Waals surface area contributed by atoms with Crippen LogP contribution < -0.4 is 5.73 Å². The van der Waals surface area contributed by atoms with E-state index < -0.39 is 17.9 Å². The molecule has 3 N–H and O–H groups in total. The molecule has 116 valence electrons. The fourth-order valence-electron chi connectivity index (χ4n) is 3.22. The number of halogens is 3. The Morgan fingerprint density at radius 1 is 1.15 bits per heavy atom. The van der Waals surface area contributed by atoms with Crippen molar-refractivity contribution in [3.05, 3.63) is 0 Å². The predicted molar refractivity (Wildman–Crippen MR) is 71.7 cm³/mol. The van der Waals surface area contributed by atoms with Crippen LogP contribution in [0, 0.1) is 11.3 Å². The molecule has 0 aromatic rings. The van der Waals surface area contributed by atoms with E-state index in [1.807, 2.05) is 0 Å². The fourth-order valence-corrected chi connectivity index (χ4v) is 3.22. The van der Waals surface area contributed by atoms with Gasteiger partial charge in [0.05, 0.1) is 0 Å². The van der Waals surface area contributed by atoms with Crippen LogP contribution in [0.4, 0.5) is 13.2 Å². The molecule has 4 nitrogen and oxygen atoms in total. The van der Waals surface area contributed by atoms with Crippen LogP contribution in [0.1, 0.15) is 25.7 Å². The lowest BCUT2D eigenvalue weighted by Crippen LogP contribution is -2.53. The van der Waals surface area contributed by atoms with Crippen molar-refractivity contribution in [2.75, 3.05) is 32.7 Å². The summed E-state index contributed by atoms with van der Waals surface area (Å²) in [5.41, 5.74) is 5.09. The third-order valence-corrected chi connectivity index (χ3v) is 4.46. The van der Waals surface area contributed by atoms with Gasteiger partial charge in [-0.15, -0.1) is 0 Å². The number of hydrogen-bond acceptors (Lipinski definition) is 3. The summed E-state index contributed by atoms with van der Waals surface area (Å²) in [6, 6.07) is 0.628. The summed E-state index contributed by atoms with van der Waals surface area (Å²) < 4.78 is 38.4. The fraction of sp³-hybridized carbons (Fsp3) is 0.923. The zero-order chi connectivity index (χ0) is 14.8.